The number of ether oxygens (including phenoxy) is 8. The van der Waals surface area contributed by atoms with E-state index in [9.17, 15) is 15.0 Å². The summed E-state index contributed by atoms with van der Waals surface area (Å²) in [5.74, 6) is -1.63. The van der Waals surface area contributed by atoms with Crippen molar-refractivity contribution in [1.82, 2.24) is 0 Å². The summed E-state index contributed by atoms with van der Waals surface area (Å²) in [5.41, 5.74) is 8.16. The van der Waals surface area contributed by atoms with Crippen LogP contribution in [0.25, 0.3) is 0 Å². The first-order valence-electron chi connectivity index (χ1n) is 20.5. The fourth-order valence-corrected chi connectivity index (χ4v) is 11.2. The largest absolute Gasteiger partial charge is 0.393 e. The van der Waals surface area contributed by atoms with Gasteiger partial charge in [-0.1, -0.05) is 13.2 Å². The van der Waals surface area contributed by atoms with Gasteiger partial charge >= 0.3 is 0 Å². The molecule has 298 valence electrons. The van der Waals surface area contributed by atoms with Crippen LogP contribution in [0, 0.1) is 17.8 Å². The summed E-state index contributed by atoms with van der Waals surface area (Å²) in [6.07, 6.45) is 5.59. The van der Waals surface area contributed by atoms with Crippen LogP contribution in [0.4, 0.5) is 0 Å². The van der Waals surface area contributed by atoms with Crippen molar-refractivity contribution < 1.29 is 52.9 Å². The number of rotatable bonds is 5. The van der Waals surface area contributed by atoms with Crippen molar-refractivity contribution in [3.05, 3.63) is 24.3 Å². The number of carbonyl (C=O) groups excluding carboxylic acids is 1. The molecule has 9 rings (SSSR count). The number of aliphatic hydroxyl groups excluding tert-OH is 1. The van der Waals surface area contributed by atoms with Crippen LogP contribution in [0.2, 0.25) is 0 Å². The van der Waals surface area contributed by atoms with Gasteiger partial charge in [-0.3, -0.25) is 4.79 Å². The molecule has 1 saturated carbocycles. The highest BCUT2D eigenvalue weighted by molar-refractivity contribution is 5.79. The zero-order chi connectivity index (χ0) is 37.0. The molecule has 8 heterocycles. The molecule has 11 bridgehead atoms. The van der Waals surface area contributed by atoms with Crippen molar-refractivity contribution >= 4 is 5.78 Å². The predicted molar refractivity (Wildman–Crippen MR) is 193 cm³/mol. The van der Waals surface area contributed by atoms with E-state index in [-0.39, 0.29) is 110 Å². The zero-order valence-electron chi connectivity index (χ0n) is 31.7. The molecule has 8 saturated heterocycles. The Morgan fingerprint density at radius 3 is 2.40 bits per heavy atom. The smallest absolute Gasteiger partial charge is 0.168 e. The maximum atomic E-state index is 14.1. The van der Waals surface area contributed by atoms with Crippen LogP contribution in [0.3, 0.4) is 0 Å². The SMILES string of the molecule is C=C1C[C@@H]2CC[C@@]3(O)C[C@@H](O)[C@@H]4CC5[C@H]4OC4CC[C@H](CC(=O)C[C@@H]6[C@@H](OC)[C@@H](C[C@@H](CN)OC)O[C@H]6C[C@H]6O[C@H](CCC6=C)CC[C@@H]1O2)O[C@@H]4[C@@H]5O3. The number of methoxy groups -OCH3 is 2. The molecule has 9 aliphatic rings. The third-order valence-corrected chi connectivity index (χ3v) is 14.2. The molecule has 0 aromatic rings. The van der Waals surface area contributed by atoms with Gasteiger partial charge in [0.2, 0.25) is 0 Å². The highest BCUT2D eigenvalue weighted by atomic mass is 16.7. The highest BCUT2D eigenvalue weighted by Gasteiger charge is 2.62. The summed E-state index contributed by atoms with van der Waals surface area (Å²) in [5, 5.41) is 23.3. The van der Waals surface area contributed by atoms with Crippen LogP contribution in [0.5, 0.6) is 0 Å². The summed E-state index contributed by atoms with van der Waals surface area (Å²) in [6.45, 7) is 9.14. The van der Waals surface area contributed by atoms with E-state index in [4.69, 9.17) is 43.6 Å². The van der Waals surface area contributed by atoms with E-state index >= 15 is 0 Å². The second-order valence-electron chi connectivity index (χ2n) is 17.6. The first-order chi connectivity index (χ1) is 25.5. The van der Waals surface area contributed by atoms with E-state index < -0.39 is 18.0 Å². The van der Waals surface area contributed by atoms with Crippen molar-refractivity contribution in [2.24, 2.45) is 23.5 Å². The fraction of sp³-hybridized carbons (Fsp3) is 0.878. The predicted octanol–water partition coefficient (Wildman–Crippen LogP) is 3.67. The Kier molecular flexibility index (Phi) is 11.6. The topological polar surface area (TPSA) is 157 Å². The molecule has 1 aliphatic carbocycles. The van der Waals surface area contributed by atoms with E-state index in [1.54, 1.807) is 14.2 Å². The van der Waals surface area contributed by atoms with Crippen molar-refractivity contribution in [3.8, 4) is 0 Å². The number of hydrogen-bond donors (Lipinski definition) is 3. The minimum Gasteiger partial charge on any atom is -0.393 e. The van der Waals surface area contributed by atoms with Crippen LogP contribution in [-0.2, 0) is 42.7 Å². The van der Waals surface area contributed by atoms with Gasteiger partial charge < -0.3 is 53.8 Å². The van der Waals surface area contributed by atoms with Gasteiger partial charge in [-0.15, -0.1) is 0 Å². The molecule has 12 nitrogen and oxygen atoms in total. The maximum absolute atomic E-state index is 14.1. The van der Waals surface area contributed by atoms with Gasteiger partial charge in [-0.2, -0.15) is 0 Å². The van der Waals surface area contributed by atoms with Crippen molar-refractivity contribution in [2.75, 3.05) is 20.8 Å². The first kappa shape index (κ1) is 38.6. The number of carbonyl (C=O) groups is 1. The molecule has 8 aliphatic heterocycles. The molecule has 4 N–H and O–H groups in total. The number of fused-ring (bicyclic) bond motifs is 7. The quantitative estimate of drug-likeness (QED) is 0.352. The first-order valence-corrected chi connectivity index (χ1v) is 20.5. The van der Waals surface area contributed by atoms with Crippen molar-refractivity contribution in [3.63, 3.8) is 0 Å². The molecule has 0 aromatic heterocycles. The molecule has 0 spiro atoms. The Morgan fingerprint density at radius 1 is 0.811 bits per heavy atom. The molecular weight excluding hydrogens is 682 g/mol. The molecule has 18 atom stereocenters. The lowest BCUT2D eigenvalue weighted by Crippen LogP contribution is -2.70. The van der Waals surface area contributed by atoms with Crippen LogP contribution >= 0.6 is 0 Å². The minimum atomic E-state index is -1.53. The van der Waals surface area contributed by atoms with Gasteiger partial charge in [0.1, 0.15) is 11.9 Å². The second kappa shape index (κ2) is 15.9. The molecular formula is C41H63NO11. The van der Waals surface area contributed by atoms with Crippen molar-refractivity contribution in [2.45, 2.75) is 188 Å². The maximum Gasteiger partial charge on any atom is 0.168 e. The zero-order valence-corrected chi connectivity index (χ0v) is 31.7. The number of hydrogen-bond acceptors (Lipinski definition) is 12. The van der Waals surface area contributed by atoms with Gasteiger partial charge in [-0.05, 0) is 68.9 Å². The summed E-state index contributed by atoms with van der Waals surface area (Å²) < 4.78 is 51.9. The van der Waals surface area contributed by atoms with E-state index in [2.05, 4.69) is 13.2 Å². The molecule has 12 heteroatoms. The van der Waals surface area contributed by atoms with Gasteiger partial charge in [0.15, 0.2) is 5.79 Å². The van der Waals surface area contributed by atoms with Crippen molar-refractivity contribution in [1.29, 1.82) is 0 Å². The van der Waals surface area contributed by atoms with Gasteiger partial charge in [0, 0.05) is 77.0 Å². The van der Waals surface area contributed by atoms with E-state index in [0.717, 1.165) is 56.1 Å². The summed E-state index contributed by atoms with van der Waals surface area (Å²) >= 11 is 0. The molecule has 2 unspecified atom stereocenters. The van der Waals surface area contributed by atoms with Crippen LogP contribution in [0.1, 0.15) is 96.3 Å². The molecule has 0 radical (unpaired) electrons. The lowest BCUT2D eigenvalue weighted by atomic mass is 9.61. The Bertz CT molecular complexity index is 1340. The van der Waals surface area contributed by atoms with Gasteiger partial charge in [0.05, 0.1) is 79.4 Å². The number of Topliss-reactive ketones (excluding diaryl/α,β-unsaturated/α-hetero) is 1. The van der Waals surface area contributed by atoms with Crippen LogP contribution in [-0.4, -0.2) is 128 Å². The summed E-state index contributed by atoms with van der Waals surface area (Å²) in [7, 11) is 3.35. The third kappa shape index (κ3) is 7.86. The third-order valence-electron chi connectivity index (χ3n) is 14.2. The lowest BCUT2D eigenvalue weighted by molar-refractivity contribution is -0.369. The highest BCUT2D eigenvalue weighted by Crippen LogP contribution is 2.54. The average Bonchev–Trinajstić information content (AvgIpc) is 3.64. The Morgan fingerprint density at radius 2 is 1.60 bits per heavy atom. The lowest BCUT2D eigenvalue weighted by Gasteiger charge is -2.61. The molecule has 9 fully saturated rings. The van der Waals surface area contributed by atoms with Gasteiger partial charge in [-0.25, -0.2) is 0 Å². The number of aliphatic hydroxyl groups is 2. The Hall–Kier alpha value is -1.29. The van der Waals surface area contributed by atoms with Crippen LogP contribution < -0.4 is 5.73 Å². The van der Waals surface area contributed by atoms with E-state index in [1.807, 2.05) is 0 Å². The standard InChI is InChI=1S/C41H63NO11/c1-21-5-6-24-7-9-32-22(2)13-26(49-32)11-12-41(45)19-31(44)28-17-30-37(28)52-33-10-8-25(50-40(33)39(30)53-41)14-23(43)15-29-35(18-34(21)48-24)51-36(38(29)47-4)16-27(20-42)46-3/h24-40,44-45H,1-2,5-20,42H2,3-4H3/t24-,25-,26+,27+,28+,29+,30?,31-,32+,33?,34-,35+,36-,37+,38-,39-,40+,41+/m1/s1. The minimum absolute atomic E-state index is 0.0197. The molecule has 0 amide bonds. The molecule has 0 aromatic carbocycles. The van der Waals surface area contributed by atoms with E-state index in [0.29, 0.717) is 45.1 Å². The Balaban J connectivity index is 1.06. The number of nitrogens with two attached hydrogens (primary N) is 1. The fourth-order valence-electron chi connectivity index (χ4n) is 11.2. The summed E-state index contributed by atoms with van der Waals surface area (Å²) in [6, 6.07) is 0. The Labute approximate surface area is 314 Å². The van der Waals surface area contributed by atoms with Crippen LogP contribution in [0.15, 0.2) is 24.3 Å². The monoisotopic (exact) mass is 745 g/mol. The summed E-state index contributed by atoms with van der Waals surface area (Å²) in [4.78, 5) is 14.1. The molecule has 53 heavy (non-hydrogen) atoms. The van der Waals surface area contributed by atoms with E-state index in [1.165, 1.54) is 0 Å². The average molecular weight is 746 g/mol. The van der Waals surface area contributed by atoms with Gasteiger partial charge in [0.25, 0.3) is 0 Å². The number of ketones is 1. The normalized spacial score (nSPS) is 49.6. The second-order valence-corrected chi connectivity index (χ2v) is 17.6.